The van der Waals surface area contributed by atoms with E-state index in [-0.39, 0.29) is 11.8 Å². The predicted octanol–water partition coefficient (Wildman–Crippen LogP) is 4.03. The summed E-state index contributed by atoms with van der Waals surface area (Å²) in [6.07, 6.45) is -0.625. The van der Waals surface area contributed by atoms with Crippen LogP contribution in [0.3, 0.4) is 0 Å². The van der Waals surface area contributed by atoms with Crippen molar-refractivity contribution in [1.82, 2.24) is 14.5 Å². The van der Waals surface area contributed by atoms with Gasteiger partial charge in [-0.25, -0.2) is 19.3 Å². The van der Waals surface area contributed by atoms with Crippen LogP contribution < -0.4 is 0 Å². The molecule has 6 nitrogen and oxygen atoms in total. The first kappa shape index (κ1) is 17.4. The first-order valence-electron chi connectivity index (χ1n) is 7.77. The summed E-state index contributed by atoms with van der Waals surface area (Å²) >= 11 is 6.29. The lowest BCUT2D eigenvalue weighted by Gasteiger charge is -2.20. The molecular weight excluding hydrogens is 342 g/mol. The molecule has 0 bridgehead atoms. The Bertz CT molecular complexity index is 930. The number of halogens is 1. The second kappa shape index (κ2) is 6.46. The standard InChI is InChI=1S/C18H18ClN3O3/c1-18(2,3)25-17(24)22-12(10-23)9-13-14(19)20-15(21-16(13)22)11-7-5-4-6-8-11/h4-9,23H,10H2,1-3H3. The lowest BCUT2D eigenvalue weighted by molar-refractivity contribution is 0.0532. The molecular formula is C18H18ClN3O3. The van der Waals surface area contributed by atoms with Crippen molar-refractivity contribution in [3.8, 4) is 11.4 Å². The van der Waals surface area contributed by atoms with Crippen molar-refractivity contribution < 1.29 is 14.6 Å². The summed E-state index contributed by atoms with van der Waals surface area (Å²) in [4.78, 5) is 21.4. The molecule has 130 valence electrons. The number of aromatic nitrogens is 3. The van der Waals surface area contributed by atoms with Gasteiger partial charge in [-0.05, 0) is 26.8 Å². The summed E-state index contributed by atoms with van der Waals surface area (Å²) in [7, 11) is 0. The molecule has 3 aromatic rings. The molecule has 0 amide bonds. The van der Waals surface area contributed by atoms with E-state index in [2.05, 4.69) is 9.97 Å². The van der Waals surface area contributed by atoms with Gasteiger partial charge < -0.3 is 9.84 Å². The molecule has 2 aromatic heterocycles. The number of hydrogen-bond acceptors (Lipinski definition) is 5. The minimum absolute atomic E-state index is 0.209. The highest BCUT2D eigenvalue weighted by atomic mass is 35.5. The van der Waals surface area contributed by atoms with Crippen LogP contribution in [0.1, 0.15) is 26.5 Å². The van der Waals surface area contributed by atoms with Gasteiger partial charge in [0.15, 0.2) is 11.5 Å². The third-order valence-corrected chi connectivity index (χ3v) is 3.75. The number of aliphatic hydroxyl groups excluding tert-OH is 1. The molecule has 0 aliphatic heterocycles. The van der Waals surface area contributed by atoms with Crippen LogP contribution in [0.5, 0.6) is 0 Å². The average molecular weight is 360 g/mol. The second-order valence-electron chi connectivity index (χ2n) is 6.55. The number of benzene rings is 1. The molecule has 0 aliphatic carbocycles. The van der Waals surface area contributed by atoms with Gasteiger partial charge in [-0.2, -0.15) is 0 Å². The fraction of sp³-hybridized carbons (Fsp3) is 0.278. The minimum Gasteiger partial charge on any atom is -0.443 e. The van der Waals surface area contributed by atoms with E-state index in [1.165, 1.54) is 4.57 Å². The van der Waals surface area contributed by atoms with Crippen molar-refractivity contribution >= 4 is 28.7 Å². The molecule has 3 rings (SSSR count). The summed E-state index contributed by atoms with van der Waals surface area (Å²) in [6, 6.07) is 10.9. The van der Waals surface area contributed by atoms with Gasteiger partial charge in [0.2, 0.25) is 0 Å². The normalized spacial score (nSPS) is 11.7. The average Bonchev–Trinajstić information content (AvgIpc) is 2.93. The first-order valence-corrected chi connectivity index (χ1v) is 8.15. The molecule has 0 atom stereocenters. The summed E-state index contributed by atoms with van der Waals surface area (Å²) in [6.45, 7) is 4.96. The van der Waals surface area contributed by atoms with Crippen LogP contribution in [0.25, 0.3) is 22.4 Å². The van der Waals surface area contributed by atoms with E-state index >= 15 is 0 Å². The Labute approximate surface area is 150 Å². The van der Waals surface area contributed by atoms with E-state index in [0.717, 1.165) is 5.56 Å². The number of aliphatic hydroxyl groups is 1. The zero-order chi connectivity index (χ0) is 18.2. The van der Waals surface area contributed by atoms with Gasteiger partial charge in [-0.1, -0.05) is 41.9 Å². The fourth-order valence-electron chi connectivity index (χ4n) is 2.44. The molecule has 0 aliphatic rings. The van der Waals surface area contributed by atoms with Crippen LogP contribution in [-0.4, -0.2) is 31.3 Å². The molecule has 1 aromatic carbocycles. The first-order chi connectivity index (χ1) is 11.8. The van der Waals surface area contributed by atoms with Crippen molar-refractivity contribution in [3.63, 3.8) is 0 Å². The van der Waals surface area contributed by atoms with E-state index in [0.29, 0.717) is 22.6 Å². The predicted molar refractivity (Wildman–Crippen MR) is 95.5 cm³/mol. The number of carbonyl (C=O) groups is 1. The molecule has 0 saturated heterocycles. The number of rotatable bonds is 2. The molecule has 0 unspecified atom stereocenters. The number of ether oxygens (including phenoxy) is 1. The van der Waals surface area contributed by atoms with E-state index in [4.69, 9.17) is 16.3 Å². The number of hydrogen-bond donors (Lipinski definition) is 1. The third-order valence-electron chi connectivity index (χ3n) is 3.46. The van der Waals surface area contributed by atoms with Crippen LogP contribution in [0.2, 0.25) is 5.15 Å². The maximum absolute atomic E-state index is 12.6. The van der Waals surface area contributed by atoms with Gasteiger partial charge in [0.05, 0.1) is 17.7 Å². The van der Waals surface area contributed by atoms with E-state index in [9.17, 15) is 9.90 Å². The molecule has 1 N–H and O–H groups in total. The smallest absolute Gasteiger partial charge is 0.420 e. The molecule has 2 heterocycles. The maximum atomic E-state index is 12.6. The van der Waals surface area contributed by atoms with Crippen LogP contribution in [-0.2, 0) is 11.3 Å². The molecule has 25 heavy (non-hydrogen) atoms. The van der Waals surface area contributed by atoms with E-state index < -0.39 is 11.7 Å². The van der Waals surface area contributed by atoms with Crippen LogP contribution in [0.15, 0.2) is 36.4 Å². The van der Waals surface area contributed by atoms with Gasteiger partial charge in [0, 0.05) is 5.56 Å². The number of carbonyl (C=O) groups excluding carboxylic acids is 1. The summed E-state index contributed by atoms with van der Waals surface area (Å²) < 4.78 is 6.66. The molecule has 0 spiro atoms. The van der Waals surface area contributed by atoms with Crippen LogP contribution in [0, 0.1) is 0 Å². The molecule has 0 fully saturated rings. The minimum atomic E-state index is -0.681. The van der Waals surface area contributed by atoms with Gasteiger partial charge in [-0.3, -0.25) is 0 Å². The van der Waals surface area contributed by atoms with Crippen molar-refractivity contribution in [1.29, 1.82) is 0 Å². The van der Waals surface area contributed by atoms with Gasteiger partial charge in [-0.15, -0.1) is 0 Å². The molecule has 7 heteroatoms. The second-order valence-corrected chi connectivity index (χ2v) is 6.91. The summed E-state index contributed by atoms with van der Waals surface area (Å²) in [5.41, 5.74) is 0.732. The lowest BCUT2D eigenvalue weighted by atomic mass is 10.2. The summed E-state index contributed by atoms with van der Waals surface area (Å²) in [5, 5.41) is 10.3. The zero-order valence-electron chi connectivity index (χ0n) is 14.2. The van der Waals surface area contributed by atoms with Gasteiger partial charge >= 0.3 is 6.09 Å². The fourth-order valence-corrected chi connectivity index (χ4v) is 2.66. The van der Waals surface area contributed by atoms with E-state index in [1.54, 1.807) is 26.8 Å². The Morgan fingerprint density at radius 2 is 1.92 bits per heavy atom. The highest BCUT2D eigenvalue weighted by Crippen LogP contribution is 2.28. The number of fused-ring (bicyclic) bond motifs is 1. The SMILES string of the molecule is CC(C)(C)OC(=O)n1c(CO)cc2c(Cl)nc(-c3ccccc3)nc21. The molecule has 0 saturated carbocycles. The van der Waals surface area contributed by atoms with Crippen LogP contribution in [0.4, 0.5) is 4.79 Å². The number of nitrogens with zero attached hydrogens (tertiary/aromatic N) is 3. The zero-order valence-corrected chi connectivity index (χ0v) is 14.9. The Balaban J connectivity index is 2.21. The maximum Gasteiger partial charge on any atom is 0.420 e. The largest absolute Gasteiger partial charge is 0.443 e. The lowest BCUT2D eigenvalue weighted by Crippen LogP contribution is -2.28. The highest BCUT2D eigenvalue weighted by Gasteiger charge is 2.24. The Kier molecular flexibility index (Phi) is 4.49. The van der Waals surface area contributed by atoms with Crippen molar-refractivity contribution in [2.75, 3.05) is 0 Å². The van der Waals surface area contributed by atoms with Crippen molar-refractivity contribution in [3.05, 3.63) is 47.2 Å². The van der Waals surface area contributed by atoms with E-state index in [1.807, 2.05) is 30.3 Å². The molecule has 0 radical (unpaired) electrons. The van der Waals surface area contributed by atoms with Gasteiger partial charge in [0.1, 0.15) is 10.8 Å². The highest BCUT2D eigenvalue weighted by molar-refractivity contribution is 6.34. The van der Waals surface area contributed by atoms with Crippen LogP contribution >= 0.6 is 11.6 Å². The third kappa shape index (κ3) is 3.50. The van der Waals surface area contributed by atoms with Gasteiger partial charge in [0.25, 0.3) is 0 Å². The van der Waals surface area contributed by atoms with Crippen molar-refractivity contribution in [2.24, 2.45) is 0 Å². The monoisotopic (exact) mass is 359 g/mol. The Morgan fingerprint density at radius 3 is 2.52 bits per heavy atom. The Morgan fingerprint density at radius 1 is 1.24 bits per heavy atom. The Hall–Kier alpha value is -2.44. The quantitative estimate of drug-likeness (QED) is 0.699. The van der Waals surface area contributed by atoms with Crippen molar-refractivity contribution in [2.45, 2.75) is 33.0 Å². The topological polar surface area (TPSA) is 77.2 Å². The summed E-state index contributed by atoms with van der Waals surface area (Å²) in [5.74, 6) is 0.394.